The number of esters is 1. The summed E-state index contributed by atoms with van der Waals surface area (Å²) in [6.07, 6.45) is 1.97. The molecule has 22 heavy (non-hydrogen) atoms. The van der Waals surface area contributed by atoms with Gasteiger partial charge in [0.05, 0.1) is 5.56 Å². The number of hydrogen-bond acceptors (Lipinski definition) is 3. The van der Waals surface area contributed by atoms with Crippen molar-refractivity contribution in [2.24, 2.45) is 0 Å². The Hall–Kier alpha value is -2.13. The summed E-state index contributed by atoms with van der Waals surface area (Å²) in [5.74, 6) is -0.169. The molecule has 1 atom stereocenters. The summed E-state index contributed by atoms with van der Waals surface area (Å²) in [5.41, 5.74) is 2.67. The molecule has 0 aromatic heterocycles. The number of fused-ring (bicyclic) bond motifs is 2. The maximum Gasteiger partial charge on any atom is 0.339 e. The van der Waals surface area contributed by atoms with Gasteiger partial charge >= 0.3 is 5.97 Å². The highest BCUT2D eigenvalue weighted by Gasteiger charge is 2.47. The monoisotopic (exact) mass is 293 g/mol. The van der Waals surface area contributed by atoms with Crippen molar-refractivity contribution < 1.29 is 9.53 Å². The summed E-state index contributed by atoms with van der Waals surface area (Å²) in [6.45, 7) is 2.74. The first-order valence-corrected chi connectivity index (χ1v) is 7.86. The zero-order valence-electron chi connectivity index (χ0n) is 12.5. The van der Waals surface area contributed by atoms with Crippen LogP contribution in [0.2, 0.25) is 0 Å². The maximum absolute atomic E-state index is 12.2. The minimum Gasteiger partial charge on any atom is -0.449 e. The lowest BCUT2D eigenvalue weighted by molar-refractivity contribution is -0.0513. The van der Waals surface area contributed by atoms with E-state index < -0.39 is 5.60 Å². The number of piperidine rings is 1. The third-order valence-electron chi connectivity index (χ3n) is 4.71. The molecule has 0 bridgehead atoms. The fourth-order valence-electron chi connectivity index (χ4n) is 3.73. The van der Waals surface area contributed by atoms with Gasteiger partial charge in [-0.05, 0) is 31.0 Å². The summed E-state index contributed by atoms with van der Waals surface area (Å²) < 4.78 is 5.85. The van der Waals surface area contributed by atoms with Crippen molar-refractivity contribution in [3.05, 3.63) is 71.3 Å². The largest absolute Gasteiger partial charge is 0.449 e. The van der Waals surface area contributed by atoms with Crippen LogP contribution in [0.5, 0.6) is 0 Å². The van der Waals surface area contributed by atoms with E-state index in [1.807, 2.05) is 30.3 Å². The van der Waals surface area contributed by atoms with Crippen LogP contribution < -0.4 is 0 Å². The minimum absolute atomic E-state index is 0.169. The Labute approximate surface area is 130 Å². The van der Waals surface area contributed by atoms with Crippen molar-refractivity contribution in [3.63, 3.8) is 0 Å². The Balaban J connectivity index is 1.60. The summed E-state index contributed by atoms with van der Waals surface area (Å²) in [6, 6.07) is 18.3. The zero-order chi connectivity index (χ0) is 15.0. The van der Waals surface area contributed by atoms with E-state index in [1.54, 1.807) is 0 Å². The van der Waals surface area contributed by atoms with Gasteiger partial charge in [0.1, 0.15) is 0 Å². The molecule has 1 unspecified atom stereocenters. The van der Waals surface area contributed by atoms with Gasteiger partial charge in [-0.1, -0.05) is 48.5 Å². The molecule has 2 heterocycles. The second-order valence-corrected chi connectivity index (χ2v) is 6.23. The summed E-state index contributed by atoms with van der Waals surface area (Å²) in [7, 11) is 0. The molecule has 0 amide bonds. The Morgan fingerprint density at radius 2 is 1.82 bits per heavy atom. The van der Waals surface area contributed by atoms with E-state index >= 15 is 0 Å². The molecule has 0 radical (unpaired) electrons. The fourth-order valence-corrected chi connectivity index (χ4v) is 3.73. The van der Waals surface area contributed by atoms with E-state index in [1.165, 1.54) is 5.56 Å². The predicted octanol–water partition coefficient (Wildman–Crippen LogP) is 3.35. The fraction of sp³-hybridized carbons (Fsp3) is 0.316. The number of carbonyl (C=O) groups is 1. The molecule has 0 N–H and O–H groups in total. The Morgan fingerprint density at radius 1 is 1.05 bits per heavy atom. The van der Waals surface area contributed by atoms with Crippen LogP contribution in [0.25, 0.3) is 0 Å². The molecule has 0 aliphatic carbocycles. The van der Waals surface area contributed by atoms with Crippen LogP contribution in [-0.4, -0.2) is 24.0 Å². The van der Waals surface area contributed by atoms with E-state index in [4.69, 9.17) is 4.74 Å². The van der Waals surface area contributed by atoms with Gasteiger partial charge < -0.3 is 4.74 Å². The van der Waals surface area contributed by atoms with Crippen molar-refractivity contribution in [1.82, 2.24) is 4.90 Å². The topological polar surface area (TPSA) is 29.5 Å². The van der Waals surface area contributed by atoms with Crippen LogP contribution >= 0.6 is 0 Å². The van der Waals surface area contributed by atoms with Crippen LogP contribution in [-0.2, 0) is 16.9 Å². The normalized spacial score (nSPS) is 24.3. The van der Waals surface area contributed by atoms with Crippen molar-refractivity contribution in [3.8, 4) is 0 Å². The van der Waals surface area contributed by atoms with Gasteiger partial charge in [-0.3, -0.25) is 4.90 Å². The standard InChI is InChI=1S/C19H19NO2/c21-18-16-9-4-5-10-17(16)19(22-18)11-6-12-20(14-19)13-15-7-2-1-3-8-15/h1-5,7-10H,6,11-14H2. The van der Waals surface area contributed by atoms with E-state index in [2.05, 4.69) is 29.2 Å². The molecular weight excluding hydrogens is 274 g/mol. The number of carbonyl (C=O) groups excluding carboxylic acids is 1. The minimum atomic E-state index is -0.444. The zero-order valence-corrected chi connectivity index (χ0v) is 12.5. The third kappa shape index (κ3) is 2.22. The Bertz CT molecular complexity index is 698. The number of likely N-dealkylation sites (tertiary alicyclic amines) is 1. The van der Waals surface area contributed by atoms with Crippen LogP contribution in [0.1, 0.15) is 34.3 Å². The number of ether oxygens (including phenoxy) is 1. The van der Waals surface area contributed by atoms with E-state index in [0.717, 1.165) is 43.6 Å². The molecule has 112 valence electrons. The molecule has 3 nitrogen and oxygen atoms in total. The molecule has 2 aliphatic heterocycles. The van der Waals surface area contributed by atoms with E-state index in [9.17, 15) is 4.79 Å². The van der Waals surface area contributed by atoms with Gasteiger partial charge in [-0.15, -0.1) is 0 Å². The molecule has 3 heteroatoms. The SMILES string of the molecule is O=C1OC2(CCCN(Cc3ccccc3)C2)c2ccccc21. The molecule has 1 saturated heterocycles. The van der Waals surface area contributed by atoms with Gasteiger partial charge in [0.15, 0.2) is 5.60 Å². The van der Waals surface area contributed by atoms with Crippen LogP contribution in [0.15, 0.2) is 54.6 Å². The van der Waals surface area contributed by atoms with Crippen molar-refractivity contribution >= 4 is 5.97 Å². The number of nitrogens with zero attached hydrogens (tertiary/aromatic N) is 1. The van der Waals surface area contributed by atoms with Gasteiger partial charge in [-0.2, -0.15) is 0 Å². The quantitative estimate of drug-likeness (QED) is 0.795. The first-order valence-electron chi connectivity index (χ1n) is 7.86. The second kappa shape index (κ2) is 5.25. The van der Waals surface area contributed by atoms with Gasteiger partial charge in [-0.25, -0.2) is 4.79 Å². The Morgan fingerprint density at radius 3 is 2.68 bits per heavy atom. The van der Waals surface area contributed by atoms with E-state index in [-0.39, 0.29) is 5.97 Å². The lowest BCUT2D eigenvalue weighted by atomic mass is 9.85. The van der Waals surface area contributed by atoms with Gasteiger partial charge in [0.2, 0.25) is 0 Å². The molecule has 1 spiro atoms. The van der Waals surface area contributed by atoms with Crippen molar-refractivity contribution in [1.29, 1.82) is 0 Å². The van der Waals surface area contributed by atoms with Gasteiger partial charge in [0, 0.05) is 18.7 Å². The average molecular weight is 293 g/mol. The lowest BCUT2D eigenvalue weighted by Crippen LogP contribution is -2.45. The summed E-state index contributed by atoms with van der Waals surface area (Å²) >= 11 is 0. The summed E-state index contributed by atoms with van der Waals surface area (Å²) in [5, 5.41) is 0. The highest BCUT2D eigenvalue weighted by atomic mass is 16.6. The third-order valence-corrected chi connectivity index (χ3v) is 4.71. The molecule has 2 aromatic carbocycles. The Kier molecular flexibility index (Phi) is 3.23. The molecular formula is C19H19NO2. The average Bonchev–Trinajstić information content (AvgIpc) is 2.81. The molecule has 4 rings (SSSR count). The number of rotatable bonds is 2. The van der Waals surface area contributed by atoms with Crippen LogP contribution in [0, 0.1) is 0 Å². The highest BCUT2D eigenvalue weighted by Crippen LogP contribution is 2.42. The van der Waals surface area contributed by atoms with Crippen molar-refractivity contribution in [2.45, 2.75) is 25.0 Å². The smallest absolute Gasteiger partial charge is 0.339 e. The summed E-state index contributed by atoms with van der Waals surface area (Å²) in [4.78, 5) is 14.6. The van der Waals surface area contributed by atoms with E-state index in [0.29, 0.717) is 0 Å². The molecule has 2 aliphatic rings. The second-order valence-electron chi connectivity index (χ2n) is 6.23. The molecule has 2 aromatic rings. The number of benzene rings is 2. The highest BCUT2D eigenvalue weighted by molar-refractivity contribution is 5.94. The predicted molar refractivity (Wildman–Crippen MR) is 84.5 cm³/mol. The first kappa shape index (κ1) is 13.5. The molecule has 0 saturated carbocycles. The lowest BCUT2D eigenvalue weighted by Gasteiger charge is -2.39. The first-order chi connectivity index (χ1) is 10.8. The van der Waals surface area contributed by atoms with Crippen molar-refractivity contribution in [2.75, 3.05) is 13.1 Å². The molecule has 1 fully saturated rings. The van der Waals surface area contributed by atoms with Crippen LogP contribution in [0.4, 0.5) is 0 Å². The van der Waals surface area contributed by atoms with Gasteiger partial charge in [0.25, 0.3) is 0 Å². The van der Waals surface area contributed by atoms with Crippen LogP contribution in [0.3, 0.4) is 0 Å². The number of hydrogen-bond donors (Lipinski definition) is 0. The maximum atomic E-state index is 12.2.